The maximum absolute atomic E-state index is 12.8. The minimum atomic E-state index is -1.49. The zero-order valence-electron chi connectivity index (χ0n) is 30.6. The van der Waals surface area contributed by atoms with Gasteiger partial charge in [-0.25, -0.2) is 9.59 Å². The Morgan fingerprint density at radius 2 is 0.839 bits per heavy atom. The lowest BCUT2D eigenvalue weighted by Crippen LogP contribution is -2.51. The molecule has 0 aromatic carbocycles. The molecule has 0 heterocycles. The molecule has 0 saturated carbocycles. The molecule has 318 valence electrons. The van der Waals surface area contributed by atoms with Gasteiger partial charge in [-0.3, -0.25) is 38.4 Å². The van der Waals surface area contributed by atoms with Crippen LogP contribution in [0.25, 0.3) is 0 Å². The molecule has 0 saturated heterocycles. The summed E-state index contributed by atoms with van der Waals surface area (Å²) in [5.74, 6) is -10.0. The van der Waals surface area contributed by atoms with Crippen LogP contribution in [0, 0.1) is 0 Å². The lowest BCUT2D eigenvalue weighted by Gasteiger charge is -2.21. The number of nitrogens with two attached hydrogens (primary N) is 2. The van der Waals surface area contributed by atoms with Gasteiger partial charge in [0.15, 0.2) is 0 Å². The highest BCUT2D eigenvalue weighted by Crippen LogP contribution is 2.23. The zero-order chi connectivity index (χ0) is 42.8. The topological polar surface area (TPSA) is 376 Å². The summed E-state index contributed by atoms with van der Waals surface area (Å²) in [4.78, 5) is 121. The van der Waals surface area contributed by atoms with Gasteiger partial charge in [-0.1, -0.05) is 21.6 Å². The first-order valence-electron chi connectivity index (χ1n) is 16.7. The predicted octanol–water partition coefficient (Wildman–Crippen LogP) is -3.40. The van der Waals surface area contributed by atoms with Crippen molar-refractivity contribution in [1.82, 2.24) is 31.9 Å². The summed E-state index contributed by atoms with van der Waals surface area (Å²) in [6, 6.07) is -7.70. The SMILES string of the molecule is CSCCC(N)C(=O)NC(CCC(=O)NC(CSSCC(NC(=O)CCC(NC(=O)C(N)CCSC)C(=O)O)C(=O)NCC(=O)O)C(=O)NCC(=O)O)C(=O)O. The third-order valence-corrected chi connectivity index (χ3v) is 10.9. The Bertz CT molecular complexity index is 1280. The number of hydrogen-bond donors (Lipinski definition) is 12. The van der Waals surface area contributed by atoms with Gasteiger partial charge < -0.3 is 63.8 Å². The van der Waals surface area contributed by atoms with Crippen LogP contribution in [-0.2, 0) is 47.9 Å². The van der Waals surface area contributed by atoms with Crippen LogP contribution in [0.3, 0.4) is 0 Å². The highest BCUT2D eigenvalue weighted by atomic mass is 33.1. The molecule has 0 aliphatic rings. The smallest absolute Gasteiger partial charge is 0.326 e. The number of nitrogens with one attached hydrogen (secondary N) is 6. The molecule has 0 spiro atoms. The third-order valence-electron chi connectivity index (χ3n) is 7.17. The molecular weight excluding hydrogens is 825 g/mol. The monoisotopic (exact) mass is 874 g/mol. The quantitative estimate of drug-likeness (QED) is 0.0239. The molecule has 0 rings (SSSR count). The van der Waals surface area contributed by atoms with Gasteiger partial charge in [0.05, 0.1) is 12.1 Å². The van der Waals surface area contributed by atoms with Crippen molar-refractivity contribution < 1.29 is 68.4 Å². The molecule has 0 aromatic heterocycles. The van der Waals surface area contributed by atoms with Crippen molar-refractivity contribution in [3.63, 3.8) is 0 Å². The van der Waals surface area contributed by atoms with Gasteiger partial charge in [0.2, 0.25) is 35.4 Å². The van der Waals surface area contributed by atoms with Crippen LogP contribution in [0.2, 0.25) is 0 Å². The third kappa shape index (κ3) is 23.8. The zero-order valence-corrected chi connectivity index (χ0v) is 33.9. The van der Waals surface area contributed by atoms with E-state index >= 15 is 0 Å². The first-order valence-corrected chi connectivity index (χ1v) is 22.0. The lowest BCUT2D eigenvalue weighted by atomic mass is 10.1. The van der Waals surface area contributed by atoms with Crippen LogP contribution >= 0.6 is 45.1 Å². The van der Waals surface area contributed by atoms with E-state index in [1.165, 1.54) is 23.5 Å². The van der Waals surface area contributed by atoms with Gasteiger partial charge in [-0.2, -0.15) is 23.5 Å². The van der Waals surface area contributed by atoms with Crippen molar-refractivity contribution >= 4 is 104 Å². The second kappa shape index (κ2) is 29.3. The van der Waals surface area contributed by atoms with Gasteiger partial charge in [0, 0.05) is 24.3 Å². The molecule has 0 aliphatic heterocycles. The van der Waals surface area contributed by atoms with Crippen LogP contribution < -0.4 is 43.4 Å². The van der Waals surface area contributed by atoms with Gasteiger partial charge >= 0.3 is 23.9 Å². The molecule has 6 amide bonds. The summed E-state index contributed by atoms with van der Waals surface area (Å²) in [6.07, 6.45) is 2.45. The van der Waals surface area contributed by atoms with Crippen molar-refractivity contribution in [1.29, 1.82) is 0 Å². The number of amides is 6. The number of carbonyl (C=O) groups excluding carboxylic acids is 6. The average molecular weight is 875 g/mol. The average Bonchev–Trinajstić information content (AvgIpc) is 3.13. The molecule has 14 N–H and O–H groups in total. The normalized spacial score (nSPS) is 14.0. The highest BCUT2D eigenvalue weighted by molar-refractivity contribution is 8.76. The molecule has 0 aliphatic carbocycles. The predicted molar refractivity (Wildman–Crippen MR) is 210 cm³/mol. The van der Waals surface area contributed by atoms with E-state index < -0.39 is 122 Å². The minimum Gasteiger partial charge on any atom is -0.480 e. The maximum Gasteiger partial charge on any atom is 0.326 e. The molecule has 0 fully saturated rings. The van der Waals surface area contributed by atoms with Crippen molar-refractivity contribution in [3.8, 4) is 0 Å². The number of carboxylic acid groups (broad SMARTS) is 4. The number of hydrogen-bond acceptors (Lipinski definition) is 16. The second-order valence-electron chi connectivity index (χ2n) is 11.7. The van der Waals surface area contributed by atoms with Gasteiger partial charge in [-0.05, 0) is 49.7 Å². The molecule has 26 heteroatoms. The Kier molecular flexibility index (Phi) is 27.2. The molecule has 6 unspecified atom stereocenters. The first-order chi connectivity index (χ1) is 26.3. The van der Waals surface area contributed by atoms with E-state index in [9.17, 15) is 58.2 Å². The van der Waals surface area contributed by atoms with E-state index in [4.69, 9.17) is 21.7 Å². The molecule has 0 radical (unpaired) electrons. The highest BCUT2D eigenvalue weighted by Gasteiger charge is 2.28. The van der Waals surface area contributed by atoms with Crippen molar-refractivity contribution in [2.24, 2.45) is 11.5 Å². The number of rotatable bonds is 31. The summed E-state index contributed by atoms with van der Waals surface area (Å²) in [5, 5.41) is 50.5. The van der Waals surface area contributed by atoms with Crippen LogP contribution in [0.4, 0.5) is 0 Å². The Morgan fingerprint density at radius 3 is 1.12 bits per heavy atom. The fourth-order valence-electron chi connectivity index (χ4n) is 4.08. The van der Waals surface area contributed by atoms with E-state index in [0.29, 0.717) is 11.5 Å². The fraction of sp³-hybridized carbons (Fsp3) is 0.667. The number of thioether (sulfide) groups is 2. The van der Waals surface area contributed by atoms with Crippen molar-refractivity contribution in [2.45, 2.75) is 74.8 Å². The second-order valence-corrected chi connectivity index (χ2v) is 16.2. The van der Waals surface area contributed by atoms with Gasteiger partial charge in [-0.15, -0.1) is 0 Å². The van der Waals surface area contributed by atoms with E-state index in [1.54, 1.807) is 12.5 Å². The van der Waals surface area contributed by atoms with Gasteiger partial charge in [0.1, 0.15) is 37.3 Å². The molecule has 0 bridgehead atoms. The first kappa shape index (κ1) is 52.0. The number of carboxylic acids is 4. The van der Waals surface area contributed by atoms with E-state index in [1.807, 2.05) is 0 Å². The lowest BCUT2D eigenvalue weighted by molar-refractivity contribution is -0.143. The van der Waals surface area contributed by atoms with Crippen LogP contribution in [-0.4, -0.2) is 165 Å². The van der Waals surface area contributed by atoms with E-state index in [0.717, 1.165) is 21.6 Å². The Balaban J connectivity index is 5.56. The molecule has 0 aromatic rings. The Hall–Kier alpha value is -3.98. The fourth-order valence-corrected chi connectivity index (χ4v) is 7.39. The summed E-state index contributed by atoms with van der Waals surface area (Å²) in [7, 11) is 1.78. The van der Waals surface area contributed by atoms with Crippen LogP contribution in [0.5, 0.6) is 0 Å². The van der Waals surface area contributed by atoms with E-state index in [-0.39, 0.29) is 37.2 Å². The van der Waals surface area contributed by atoms with Crippen molar-refractivity contribution in [3.05, 3.63) is 0 Å². The Morgan fingerprint density at radius 1 is 0.500 bits per heavy atom. The number of carbonyl (C=O) groups is 10. The molecular formula is C30H50N8O14S4. The summed E-state index contributed by atoms with van der Waals surface area (Å²) in [6.45, 7) is -1.61. The number of aliphatic carboxylic acids is 4. The molecule has 6 atom stereocenters. The van der Waals surface area contributed by atoms with E-state index in [2.05, 4.69) is 31.9 Å². The van der Waals surface area contributed by atoms with Crippen LogP contribution in [0.15, 0.2) is 0 Å². The van der Waals surface area contributed by atoms with Crippen molar-refractivity contribution in [2.75, 3.05) is 48.6 Å². The summed E-state index contributed by atoms with van der Waals surface area (Å²) in [5.41, 5.74) is 11.6. The minimum absolute atomic E-state index is 0.248. The van der Waals surface area contributed by atoms with Gasteiger partial charge in [0.25, 0.3) is 0 Å². The molecule has 56 heavy (non-hydrogen) atoms. The summed E-state index contributed by atoms with van der Waals surface area (Å²) < 4.78 is 0. The summed E-state index contributed by atoms with van der Waals surface area (Å²) >= 11 is 2.88. The molecule has 22 nitrogen and oxygen atoms in total. The Labute approximate surface area is 338 Å². The largest absolute Gasteiger partial charge is 0.480 e. The van der Waals surface area contributed by atoms with Crippen LogP contribution in [0.1, 0.15) is 38.5 Å². The maximum atomic E-state index is 12.8. The standard InChI is InChI=1S/C30H50N8O14S4/c1-53-9-7-15(31)25(45)37-17(29(49)50)3-5-21(39)35-19(27(47)33-11-23(41)42)13-55-56-14-20(28(48)34-12-24(43)44)36-22(40)6-4-18(30(51)52)38-26(46)16(32)8-10-54-2/h15-20H,3-14,31-32H2,1-2H3,(H,33,47)(H,34,48)(H,35,39)(H,36,40)(H,37,45)(H,38,46)(H,41,42)(H,43,44)(H,49,50)(H,51,52).